The summed E-state index contributed by atoms with van der Waals surface area (Å²) < 4.78 is 14.9. The van der Waals surface area contributed by atoms with Crippen molar-refractivity contribution < 1.29 is 9.18 Å². The van der Waals surface area contributed by atoms with Gasteiger partial charge in [0.2, 0.25) is 5.91 Å². The van der Waals surface area contributed by atoms with E-state index < -0.39 is 0 Å². The third-order valence-corrected chi connectivity index (χ3v) is 3.79. The predicted molar refractivity (Wildman–Crippen MR) is 81.0 cm³/mol. The lowest BCUT2D eigenvalue weighted by Gasteiger charge is -2.15. The van der Waals surface area contributed by atoms with Gasteiger partial charge in [0.05, 0.1) is 11.9 Å². The fourth-order valence-electron chi connectivity index (χ4n) is 2.84. The Hall–Kier alpha value is -2.21. The molecule has 1 saturated heterocycles. The molecular weight excluding hydrogens is 283 g/mol. The maximum Gasteiger partial charge on any atom is 0.217 e. The van der Waals surface area contributed by atoms with Crippen molar-refractivity contribution in [2.45, 2.75) is 25.9 Å². The summed E-state index contributed by atoms with van der Waals surface area (Å²) in [6.07, 6.45) is 4.69. The van der Waals surface area contributed by atoms with Gasteiger partial charge in [0.1, 0.15) is 5.82 Å². The number of nitrogens with zero attached hydrogens (tertiary/aromatic N) is 3. The van der Waals surface area contributed by atoms with Crippen LogP contribution in [0.25, 0.3) is 5.69 Å². The minimum atomic E-state index is -0.271. The van der Waals surface area contributed by atoms with Crippen molar-refractivity contribution in [2.75, 3.05) is 13.1 Å². The third kappa shape index (κ3) is 3.51. The van der Waals surface area contributed by atoms with Crippen LogP contribution >= 0.6 is 0 Å². The first kappa shape index (κ1) is 14.7. The molecule has 1 aromatic carbocycles. The number of hydrogen-bond acceptors (Lipinski definition) is 3. The highest BCUT2D eigenvalue weighted by atomic mass is 19.1. The van der Waals surface area contributed by atoms with E-state index in [0.29, 0.717) is 5.69 Å². The maximum absolute atomic E-state index is 13.3. The predicted octanol–water partition coefficient (Wildman–Crippen LogP) is 1.72. The molecule has 1 aliphatic heterocycles. The average molecular weight is 302 g/mol. The molecule has 116 valence electrons. The van der Waals surface area contributed by atoms with Gasteiger partial charge in [0.25, 0.3) is 0 Å². The molecule has 2 heterocycles. The first-order chi connectivity index (χ1) is 10.6. The zero-order chi connectivity index (χ0) is 15.5. The second-order valence-electron chi connectivity index (χ2n) is 5.69. The van der Waals surface area contributed by atoms with Gasteiger partial charge < -0.3 is 5.32 Å². The quantitative estimate of drug-likeness (QED) is 0.935. The highest BCUT2D eigenvalue weighted by Crippen LogP contribution is 2.15. The van der Waals surface area contributed by atoms with Crippen LogP contribution in [0, 0.1) is 5.82 Å². The molecule has 1 aliphatic rings. The van der Waals surface area contributed by atoms with Gasteiger partial charge in [0, 0.05) is 44.4 Å². The first-order valence-electron chi connectivity index (χ1n) is 7.39. The number of aromatic nitrogens is 2. The SMILES string of the molecule is CC(=O)N[C@H]1CCN(Cc2cnn(-c3cccc(F)c3)c2)C1. The van der Waals surface area contributed by atoms with Gasteiger partial charge >= 0.3 is 0 Å². The third-order valence-electron chi connectivity index (χ3n) is 3.79. The molecule has 0 spiro atoms. The molecule has 6 heteroatoms. The van der Waals surface area contributed by atoms with Crippen LogP contribution in [-0.4, -0.2) is 39.7 Å². The minimum Gasteiger partial charge on any atom is -0.352 e. The molecule has 3 rings (SSSR count). The topological polar surface area (TPSA) is 50.2 Å². The molecule has 2 aromatic rings. The Bertz CT molecular complexity index is 670. The zero-order valence-electron chi connectivity index (χ0n) is 12.5. The number of benzene rings is 1. The summed E-state index contributed by atoms with van der Waals surface area (Å²) >= 11 is 0. The van der Waals surface area contributed by atoms with Gasteiger partial charge in [-0.25, -0.2) is 9.07 Å². The molecule has 0 aliphatic carbocycles. The lowest BCUT2D eigenvalue weighted by molar-refractivity contribution is -0.119. The van der Waals surface area contributed by atoms with E-state index in [0.717, 1.165) is 31.6 Å². The number of likely N-dealkylation sites (tertiary alicyclic amines) is 1. The minimum absolute atomic E-state index is 0.0192. The summed E-state index contributed by atoms with van der Waals surface area (Å²) in [6, 6.07) is 6.60. The Morgan fingerprint density at radius 2 is 2.36 bits per heavy atom. The van der Waals surface area contributed by atoms with E-state index in [1.807, 2.05) is 12.3 Å². The van der Waals surface area contributed by atoms with Crippen molar-refractivity contribution in [3.05, 3.63) is 48.0 Å². The van der Waals surface area contributed by atoms with Crippen molar-refractivity contribution in [2.24, 2.45) is 0 Å². The van der Waals surface area contributed by atoms with Crippen molar-refractivity contribution in [3.63, 3.8) is 0 Å². The number of halogens is 1. The van der Waals surface area contributed by atoms with E-state index in [-0.39, 0.29) is 17.8 Å². The average Bonchev–Trinajstić information content (AvgIpc) is 3.08. The lowest BCUT2D eigenvalue weighted by atomic mass is 10.2. The number of carbonyl (C=O) groups is 1. The van der Waals surface area contributed by atoms with E-state index in [1.165, 1.54) is 12.1 Å². The Kier molecular flexibility index (Phi) is 4.20. The first-order valence-corrected chi connectivity index (χ1v) is 7.39. The highest BCUT2D eigenvalue weighted by molar-refractivity contribution is 5.73. The Balaban J connectivity index is 1.62. The summed E-state index contributed by atoms with van der Waals surface area (Å²) in [4.78, 5) is 13.4. The van der Waals surface area contributed by atoms with Crippen LogP contribution in [-0.2, 0) is 11.3 Å². The normalized spacial score (nSPS) is 18.5. The molecule has 1 amide bonds. The largest absolute Gasteiger partial charge is 0.352 e. The number of amides is 1. The molecule has 1 fully saturated rings. The van der Waals surface area contributed by atoms with E-state index in [1.54, 1.807) is 23.9 Å². The van der Waals surface area contributed by atoms with E-state index in [9.17, 15) is 9.18 Å². The maximum atomic E-state index is 13.3. The number of carbonyl (C=O) groups excluding carboxylic acids is 1. The van der Waals surface area contributed by atoms with Crippen molar-refractivity contribution in [1.29, 1.82) is 0 Å². The van der Waals surface area contributed by atoms with Crippen LogP contribution in [0.4, 0.5) is 4.39 Å². The molecule has 1 aromatic heterocycles. The van der Waals surface area contributed by atoms with Crippen LogP contribution in [0.15, 0.2) is 36.7 Å². The lowest BCUT2D eigenvalue weighted by Crippen LogP contribution is -2.35. The molecule has 0 bridgehead atoms. The van der Waals surface area contributed by atoms with Crippen LogP contribution in [0.3, 0.4) is 0 Å². The molecule has 0 saturated carbocycles. The van der Waals surface area contributed by atoms with Crippen molar-refractivity contribution >= 4 is 5.91 Å². The fourth-order valence-corrected chi connectivity index (χ4v) is 2.84. The van der Waals surface area contributed by atoms with Gasteiger partial charge in [-0.2, -0.15) is 5.10 Å². The van der Waals surface area contributed by atoms with E-state index in [2.05, 4.69) is 15.3 Å². The monoisotopic (exact) mass is 302 g/mol. The summed E-state index contributed by atoms with van der Waals surface area (Å²) in [5.74, 6) is -0.252. The summed E-state index contributed by atoms with van der Waals surface area (Å²) in [5, 5.41) is 7.24. The fraction of sp³-hybridized carbons (Fsp3) is 0.375. The number of nitrogens with one attached hydrogen (secondary N) is 1. The Labute approximate surface area is 128 Å². The van der Waals surface area contributed by atoms with Crippen molar-refractivity contribution in [3.8, 4) is 5.69 Å². The zero-order valence-corrected chi connectivity index (χ0v) is 12.5. The van der Waals surface area contributed by atoms with E-state index >= 15 is 0 Å². The number of rotatable bonds is 4. The molecular formula is C16H19FN4O. The summed E-state index contributed by atoms with van der Waals surface area (Å²) in [6.45, 7) is 4.14. The van der Waals surface area contributed by atoms with Gasteiger partial charge in [0.15, 0.2) is 0 Å². The van der Waals surface area contributed by atoms with Gasteiger partial charge in [-0.3, -0.25) is 9.69 Å². The molecule has 1 atom stereocenters. The molecule has 0 unspecified atom stereocenters. The Morgan fingerprint density at radius 3 is 3.14 bits per heavy atom. The number of hydrogen-bond donors (Lipinski definition) is 1. The Morgan fingerprint density at radius 1 is 1.50 bits per heavy atom. The highest BCUT2D eigenvalue weighted by Gasteiger charge is 2.23. The van der Waals surface area contributed by atoms with E-state index in [4.69, 9.17) is 0 Å². The molecule has 0 radical (unpaired) electrons. The van der Waals surface area contributed by atoms with Crippen LogP contribution in [0.5, 0.6) is 0 Å². The van der Waals surface area contributed by atoms with Crippen LogP contribution in [0.2, 0.25) is 0 Å². The molecule has 1 N–H and O–H groups in total. The standard InChI is InChI=1S/C16H19FN4O/c1-12(22)19-15-5-6-20(11-15)9-13-8-18-21(10-13)16-4-2-3-14(17)7-16/h2-4,7-8,10,15H,5-6,9,11H2,1H3,(H,19,22)/t15-/m0/s1. The smallest absolute Gasteiger partial charge is 0.217 e. The van der Waals surface area contributed by atoms with Crippen LogP contribution < -0.4 is 5.32 Å². The molecule has 5 nitrogen and oxygen atoms in total. The summed E-state index contributed by atoms with van der Waals surface area (Å²) in [5.41, 5.74) is 1.79. The van der Waals surface area contributed by atoms with Crippen LogP contribution in [0.1, 0.15) is 18.9 Å². The van der Waals surface area contributed by atoms with Crippen molar-refractivity contribution in [1.82, 2.24) is 20.0 Å². The van der Waals surface area contributed by atoms with Gasteiger partial charge in [-0.05, 0) is 24.6 Å². The second-order valence-corrected chi connectivity index (χ2v) is 5.69. The van der Waals surface area contributed by atoms with Gasteiger partial charge in [-0.1, -0.05) is 6.07 Å². The van der Waals surface area contributed by atoms with Gasteiger partial charge in [-0.15, -0.1) is 0 Å². The second kappa shape index (κ2) is 6.27. The molecule has 22 heavy (non-hydrogen) atoms. The summed E-state index contributed by atoms with van der Waals surface area (Å²) in [7, 11) is 0.